The van der Waals surface area contributed by atoms with Crippen LogP contribution in [0.3, 0.4) is 0 Å². The second-order valence-electron chi connectivity index (χ2n) is 8.37. The Balaban J connectivity index is 1.53. The molecule has 9 heteroatoms. The third-order valence-electron chi connectivity index (χ3n) is 6.00. The van der Waals surface area contributed by atoms with Crippen molar-refractivity contribution >= 4 is 11.8 Å². The summed E-state index contributed by atoms with van der Waals surface area (Å²) < 4.78 is 12.0. The van der Waals surface area contributed by atoms with Crippen LogP contribution in [0.4, 0.5) is 0 Å². The van der Waals surface area contributed by atoms with Crippen molar-refractivity contribution < 1.29 is 24.2 Å². The van der Waals surface area contributed by atoms with Gasteiger partial charge in [0.05, 0.1) is 12.6 Å². The molecule has 2 aromatic rings. The highest BCUT2D eigenvalue weighted by atomic mass is 16.5. The van der Waals surface area contributed by atoms with E-state index >= 15 is 0 Å². The Kier molecular flexibility index (Phi) is 7.41. The molecule has 0 spiro atoms. The van der Waals surface area contributed by atoms with Gasteiger partial charge in [-0.2, -0.15) is 0 Å². The number of carbonyl (C=O) groups excluding carboxylic acids is 2. The van der Waals surface area contributed by atoms with Gasteiger partial charge in [-0.15, -0.1) is 0 Å². The molecular formula is C24H30N4O5. The number of hydrogen-bond acceptors (Lipinski definition) is 7. The van der Waals surface area contributed by atoms with Crippen LogP contribution in [0.15, 0.2) is 42.6 Å². The first kappa shape index (κ1) is 23.0. The van der Waals surface area contributed by atoms with E-state index in [1.807, 2.05) is 17.0 Å². The van der Waals surface area contributed by atoms with Gasteiger partial charge >= 0.3 is 0 Å². The number of benzene rings is 1. The minimum Gasteiger partial charge on any atom is -0.488 e. The number of aliphatic hydroxyl groups is 1. The van der Waals surface area contributed by atoms with Crippen molar-refractivity contribution in [3.8, 4) is 17.4 Å². The van der Waals surface area contributed by atoms with E-state index in [0.717, 1.165) is 0 Å². The van der Waals surface area contributed by atoms with E-state index in [0.29, 0.717) is 69.2 Å². The minimum atomic E-state index is -0.327. The highest BCUT2D eigenvalue weighted by Gasteiger charge is 2.25. The molecular weight excluding hydrogens is 424 g/mol. The first-order valence-corrected chi connectivity index (χ1v) is 11.3. The smallest absolute Gasteiger partial charge is 0.259 e. The molecule has 1 aromatic heterocycles. The number of para-hydroxylation sites is 2. The van der Waals surface area contributed by atoms with E-state index in [1.54, 1.807) is 47.3 Å². The maximum absolute atomic E-state index is 13.1. The van der Waals surface area contributed by atoms with Crippen molar-refractivity contribution in [2.24, 2.45) is 0 Å². The Hall–Kier alpha value is -3.17. The molecule has 9 nitrogen and oxygen atoms in total. The summed E-state index contributed by atoms with van der Waals surface area (Å²) in [6, 6.07) is 10.7. The van der Waals surface area contributed by atoms with Gasteiger partial charge in [-0.1, -0.05) is 12.1 Å². The van der Waals surface area contributed by atoms with E-state index in [4.69, 9.17) is 9.47 Å². The number of likely N-dealkylation sites (tertiary alicyclic amines) is 1. The molecule has 176 valence electrons. The van der Waals surface area contributed by atoms with Crippen LogP contribution < -0.4 is 9.47 Å². The number of piperidine rings is 1. The van der Waals surface area contributed by atoms with Crippen molar-refractivity contribution in [3.63, 3.8) is 0 Å². The fourth-order valence-corrected chi connectivity index (χ4v) is 3.95. The number of ether oxygens (including phenoxy) is 2. The van der Waals surface area contributed by atoms with Crippen molar-refractivity contribution in [1.29, 1.82) is 0 Å². The Morgan fingerprint density at radius 2 is 1.82 bits per heavy atom. The summed E-state index contributed by atoms with van der Waals surface area (Å²) in [5, 5.41) is 9.72. The van der Waals surface area contributed by atoms with Gasteiger partial charge in [-0.3, -0.25) is 14.5 Å². The number of fused-ring (bicyclic) bond motifs is 2. The van der Waals surface area contributed by atoms with Crippen LogP contribution in [0.5, 0.6) is 17.4 Å². The molecule has 1 fully saturated rings. The maximum atomic E-state index is 13.1. The van der Waals surface area contributed by atoms with Gasteiger partial charge in [0.25, 0.3) is 5.91 Å². The van der Waals surface area contributed by atoms with Crippen LogP contribution in [0.2, 0.25) is 0 Å². The van der Waals surface area contributed by atoms with Crippen LogP contribution in [-0.4, -0.2) is 95.6 Å². The number of hydrogen-bond donors (Lipinski definition) is 1. The van der Waals surface area contributed by atoms with Gasteiger partial charge in [-0.25, -0.2) is 4.98 Å². The summed E-state index contributed by atoms with van der Waals surface area (Å²) in [5.74, 6) is 1.07. The second-order valence-corrected chi connectivity index (χ2v) is 8.37. The summed E-state index contributed by atoms with van der Waals surface area (Å²) in [5.41, 5.74) is 0.364. The Labute approximate surface area is 193 Å². The summed E-state index contributed by atoms with van der Waals surface area (Å²) in [4.78, 5) is 35.7. The van der Waals surface area contributed by atoms with Crippen LogP contribution in [0.1, 0.15) is 23.2 Å². The van der Waals surface area contributed by atoms with E-state index in [-0.39, 0.29) is 30.3 Å². The lowest BCUT2D eigenvalue weighted by atomic mass is 10.1. The van der Waals surface area contributed by atoms with Crippen molar-refractivity contribution in [2.45, 2.75) is 18.9 Å². The zero-order chi connectivity index (χ0) is 23.2. The first-order valence-electron chi connectivity index (χ1n) is 11.3. The predicted octanol–water partition coefficient (Wildman–Crippen LogP) is 1.62. The number of likely N-dealkylation sites (N-methyl/N-ethyl adjacent to an activating group) is 1. The van der Waals surface area contributed by atoms with Crippen LogP contribution in [-0.2, 0) is 4.79 Å². The van der Waals surface area contributed by atoms with Gasteiger partial charge < -0.3 is 24.4 Å². The number of pyridine rings is 1. The summed E-state index contributed by atoms with van der Waals surface area (Å²) in [6.07, 6.45) is 2.47. The van der Waals surface area contributed by atoms with E-state index in [1.165, 1.54) is 0 Å². The molecule has 4 rings (SSSR count). The average Bonchev–Trinajstić information content (AvgIpc) is 2.83. The molecule has 1 N–H and O–H groups in total. The zero-order valence-electron chi connectivity index (χ0n) is 18.9. The highest BCUT2D eigenvalue weighted by molar-refractivity contribution is 5.96. The standard InChI is InChI=1S/C24H30N4O5/c1-26-13-14-27(17-22(30)28-11-8-18(29)9-12-28)15-16-32-20-6-2-3-7-21(20)33-23-19(24(26)31)5-4-10-25-23/h2-7,10,18,29H,8-9,11-17H2,1H3. The lowest BCUT2D eigenvalue weighted by molar-refractivity contribution is -0.134. The van der Waals surface area contributed by atoms with Gasteiger partial charge in [0, 0.05) is 46.0 Å². The molecule has 0 unspecified atom stereocenters. The molecule has 2 amide bonds. The number of nitrogens with zero attached hydrogens (tertiary/aromatic N) is 4. The third-order valence-corrected chi connectivity index (χ3v) is 6.00. The van der Waals surface area contributed by atoms with Crippen LogP contribution >= 0.6 is 0 Å². The quantitative estimate of drug-likeness (QED) is 0.737. The number of amides is 2. The van der Waals surface area contributed by atoms with Gasteiger partial charge in [0.15, 0.2) is 11.5 Å². The molecule has 1 saturated heterocycles. The van der Waals surface area contributed by atoms with Crippen LogP contribution in [0, 0.1) is 0 Å². The third kappa shape index (κ3) is 5.80. The number of carbonyl (C=O) groups is 2. The number of aliphatic hydroxyl groups excluding tert-OH is 1. The maximum Gasteiger partial charge on any atom is 0.259 e. The summed E-state index contributed by atoms with van der Waals surface area (Å²) in [6.45, 7) is 3.20. The molecule has 3 heterocycles. The van der Waals surface area contributed by atoms with E-state index < -0.39 is 0 Å². The first-order chi connectivity index (χ1) is 16.0. The lowest BCUT2D eigenvalue weighted by Crippen LogP contribution is -2.47. The fraction of sp³-hybridized carbons (Fsp3) is 0.458. The topological polar surface area (TPSA) is 95.4 Å². The van der Waals surface area contributed by atoms with E-state index in [9.17, 15) is 14.7 Å². The van der Waals surface area contributed by atoms with Gasteiger partial charge in [0.2, 0.25) is 11.8 Å². The molecule has 0 atom stereocenters. The Morgan fingerprint density at radius 1 is 1.06 bits per heavy atom. The monoisotopic (exact) mass is 454 g/mol. The Bertz CT molecular complexity index is 977. The molecule has 1 aromatic carbocycles. The molecule has 2 aliphatic rings. The van der Waals surface area contributed by atoms with Gasteiger partial charge in [-0.05, 0) is 37.1 Å². The van der Waals surface area contributed by atoms with E-state index in [2.05, 4.69) is 4.98 Å². The van der Waals surface area contributed by atoms with Crippen LogP contribution in [0.25, 0.3) is 0 Å². The van der Waals surface area contributed by atoms with Crippen molar-refractivity contribution in [3.05, 3.63) is 48.2 Å². The highest BCUT2D eigenvalue weighted by Crippen LogP contribution is 2.32. The molecule has 0 aliphatic carbocycles. The summed E-state index contributed by atoms with van der Waals surface area (Å²) in [7, 11) is 1.73. The average molecular weight is 455 g/mol. The molecule has 0 radical (unpaired) electrons. The Morgan fingerprint density at radius 3 is 2.61 bits per heavy atom. The zero-order valence-corrected chi connectivity index (χ0v) is 18.9. The molecule has 33 heavy (non-hydrogen) atoms. The summed E-state index contributed by atoms with van der Waals surface area (Å²) >= 11 is 0. The molecule has 0 saturated carbocycles. The number of aromatic nitrogens is 1. The van der Waals surface area contributed by atoms with Crippen molar-refractivity contribution in [2.75, 3.05) is 52.9 Å². The fourth-order valence-electron chi connectivity index (χ4n) is 3.95. The predicted molar refractivity (Wildman–Crippen MR) is 121 cm³/mol. The van der Waals surface area contributed by atoms with Gasteiger partial charge in [0.1, 0.15) is 12.2 Å². The SMILES string of the molecule is CN1CCN(CC(=O)N2CCC(O)CC2)CCOc2ccccc2Oc2ncccc2C1=O. The molecule has 2 aliphatic heterocycles. The minimum absolute atomic E-state index is 0.0264. The second kappa shape index (κ2) is 10.6. The van der Waals surface area contributed by atoms with Crippen molar-refractivity contribution in [1.82, 2.24) is 19.7 Å². The lowest BCUT2D eigenvalue weighted by Gasteiger charge is -2.32. The largest absolute Gasteiger partial charge is 0.488 e. The number of rotatable bonds is 2. The molecule has 0 bridgehead atoms. The normalized spacial score (nSPS) is 18.7.